The van der Waals surface area contributed by atoms with Gasteiger partial charge in [0, 0.05) is 11.6 Å². The molecule has 0 amide bonds. The molecule has 1 atom stereocenters. The molecule has 0 aliphatic heterocycles. The van der Waals surface area contributed by atoms with Gasteiger partial charge in [0.1, 0.15) is 22.7 Å². The summed E-state index contributed by atoms with van der Waals surface area (Å²) < 4.78 is 15.9. The van der Waals surface area contributed by atoms with Crippen molar-refractivity contribution in [2.75, 3.05) is 21.3 Å². The van der Waals surface area contributed by atoms with E-state index in [1.807, 2.05) is 30.3 Å². The molecule has 5 nitrogen and oxygen atoms in total. The van der Waals surface area contributed by atoms with Crippen LogP contribution in [-0.4, -0.2) is 32.4 Å². The van der Waals surface area contributed by atoms with Crippen LogP contribution in [0, 0.1) is 0 Å². The molecule has 0 fully saturated rings. The highest BCUT2D eigenvalue weighted by atomic mass is 16.5. The van der Waals surface area contributed by atoms with Gasteiger partial charge in [0.05, 0.1) is 21.3 Å². The molecule has 3 rings (SSSR count). The fourth-order valence-electron chi connectivity index (χ4n) is 3.23. The molecule has 1 aliphatic rings. The van der Waals surface area contributed by atoms with E-state index in [4.69, 9.17) is 14.2 Å². The first kappa shape index (κ1) is 16.9. The predicted octanol–water partition coefficient (Wildman–Crippen LogP) is 3.30. The Bertz CT molecular complexity index is 823. The standard InChI is InChI=1S/C20H20O5/c1-23-14-6-4-13(5-7-14)12-20(19(21)22)9-8-16-17(20)10-15(24-2)11-18(16)25-3/h4-11H,12H2,1-3H3,(H,21,22). The zero-order chi connectivity index (χ0) is 18.0. The highest BCUT2D eigenvalue weighted by molar-refractivity contribution is 5.92. The second-order valence-electron chi connectivity index (χ2n) is 5.93. The summed E-state index contributed by atoms with van der Waals surface area (Å²) in [6.45, 7) is 0. The van der Waals surface area contributed by atoms with Crippen LogP contribution in [0.15, 0.2) is 42.5 Å². The number of methoxy groups -OCH3 is 3. The van der Waals surface area contributed by atoms with E-state index >= 15 is 0 Å². The summed E-state index contributed by atoms with van der Waals surface area (Å²) in [5, 5.41) is 10.0. The van der Waals surface area contributed by atoms with Crippen molar-refractivity contribution < 1.29 is 24.1 Å². The molecule has 0 bridgehead atoms. The number of carboxylic acid groups (broad SMARTS) is 1. The molecule has 2 aromatic rings. The highest BCUT2D eigenvalue weighted by Crippen LogP contribution is 2.45. The number of benzene rings is 2. The van der Waals surface area contributed by atoms with Gasteiger partial charge >= 0.3 is 5.97 Å². The average molecular weight is 340 g/mol. The van der Waals surface area contributed by atoms with Crippen LogP contribution in [0.1, 0.15) is 16.7 Å². The van der Waals surface area contributed by atoms with E-state index in [2.05, 4.69) is 0 Å². The van der Waals surface area contributed by atoms with Crippen LogP contribution < -0.4 is 14.2 Å². The fourth-order valence-corrected chi connectivity index (χ4v) is 3.23. The smallest absolute Gasteiger partial charge is 0.318 e. The van der Waals surface area contributed by atoms with Gasteiger partial charge in [-0.1, -0.05) is 24.3 Å². The van der Waals surface area contributed by atoms with E-state index in [1.54, 1.807) is 39.5 Å². The third-order valence-electron chi connectivity index (χ3n) is 4.61. The average Bonchev–Trinajstić information content (AvgIpc) is 3.01. The number of rotatable bonds is 6. The molecule has 0 aromatic heterocycles. The summed E-state index contributed by atoms with van der Waals surface area (Å²) in [5.74, 6) is 0.996. The molecule has 130 valence electrons. The molecular formula is C20H20O5. The molecule has 2 aromatic carbocycles. The molecular weight excluding hydrogens is 320 g/mol. The van der Waals surface area contributed by atoms with Crippen molar-refractivity contribution in [2.45, 2.75) is 11.8 Å². The van der Waals surface area contributed by atoms with Gasteiger partial charge in [0.2, 0.25) is 0 Å². The van der Waals surface area contributed by atoms with Gasteiger partial charge in [0.25, 0.3) is 0 Å². The van der Waals surface area contributed by atoms with Gasteiger partial charge in [-0.2, -0.15) is 0 Å². The lowest BCUT2D eigenvalue weighted by atomic mass is 9.77. The number of fused-ring (bicyclic) bond motifs is 1. The number of aliphatic carboxylic acids is 1. The maximum Gasteiger partial charge on any atom is 0.318 e. The Hall–Kier alpha value is -2.95. The Balaban J connectivity index is 2.09. The van der Waals surface area contributed by atoms with Gasteiger partial charge in [-0.15, -0.1) is 0 Å². The van der Waals surface area contributed by atoms with Gasteiger partial charge in [-0.05, 0) is 35.7 Å². The summed E-state index contributed by atoms with van der Waals surface area (Å²) in [7, 11) is 4.71. The molecule has 0 radical (unpaired) electrons. The largest absolute Gasteiger partial charge is 0.497 e. The Morgan fingerprint density at radius 1 is 1.00 bits per heavy atom. The van der Waals surface area contributed by atoms with Crippen molar-refractivity contribution in [3.63, 3.8) is 0 Å². The minimum Gasteiger partial charge on any atom is -0.497 e. The van der Waals surface area contributed by atoms with E-state index in [1.165, 1.54) is 0 Å². The minimum atomic E-state index is -1.16. The lowest BCUT2D eigenvalue weighted by Crippen LogP contribution is -2.35. The number of hydrogen-bond acceptors (Lipinski definition) is 4. The van der Waals surface area contributed by atoms with Gasteiger partial charge in [-0.25, -0.2) is 0 Å². The number of carboxylic acids is 1. The first-order valence-corrected chi connectivity index (χ1v) is 7.86. The SMILES string of the molecule is COc1ccc(CC2(C(=O)O)C=Cc3c(OC)cc(OC)cc32)cc1. The first-order chi connectivity index (χ1) is 12.0. The van der Waals surface area contributed by atoms with Crippen LogP contribution >= 0.6 is 0 Å². The molecule has 0 heterocycles. The van der Waals surface area contributed by atoms with Crippen molar-refractivity contribution in [3.05, 3.63) is 59.2 Å². The van der Waals surface area contributed by atoms with E-state index in [0.717, 1.165) is 16.9 Å². The Morgan fingerprint density at radius 2 is 1.68 bits per heavy atom. The zero-order valence-electron chi connectivity index (χ0n) is 14.4. The molecule has 0 saturated heterocycles. The zero-order valence-corrected chi connectivity index (χ0v) is 14.4. The van der Waals surface area contributed by atoms with Gasteiger partial charge in [-0.3, -0.25) is 4.79 Å². The fraction of sp³-hybridized carbons (Fsp3) is 0.250. The van der Waals surface area contributed by atoms with Crippen molar-refractivity contribution in [2.24, 2.45) is 0 Å². The van der Waals surface area contributed by atoms with Crippen molar-refractivity contribution >= 4 is 12.0 Å². The summed E-state index contributed by atoms with van der Waals surface area (Å²) in [4.78, 5) is 12.3. The third-order valence-corrected chi connectivity index (χ3v) is 4.61. The monoisotopic (exact) mass is 340 g/mol. The van der Waals surface area contributed by atoms with Gasteiger partial charge < -0.3 is 19.3 Å². The van der Waals surface area contributed by atoms with E-state index < -0.39 is 11.4 Å². The topological polar surface area (TPSA) is 65.0 Å². The molecule has 1 aliphatic carbocycles. The second-order valence-corrected chi connectivity index (χ2v) is 5.93. The second kappa shape index (κ2) is 6.51. The van der Waals surface area contributed by atoms with E-state index in [9.17, 15) is 9.90 Å². The quantitative estimate of drug-likeness (QED) is 0.874. The Morgan fingerprint density at radius 3 is 2.24 bits per heavy atom. The van der Waals surface area contributed by atoms with Crippen LogP contribution in [0.3, 0.4) is 0 Å². The number of hydrogen-bond donors (Lipinski definition) is 1. The summed E-state index contributed by atoms with van der Waals surface area (Å²) in [6, 6.07) is 11.0. The lowest BCUT2D eigenvalue weighted by Gasteiger charge is -2.25. The summed E-state index contributed by atoms with van der Waals surface area (Å²) >= 11 is 0. The maximum atomic E-state index is 12.3. The van der Waals surface area contributed by atoms with E-state index in [0.29, 0.717) is 23.5 Å². The Labute approximate surface area is 146 Å². The van der Waals surface area contributed by atoms with Crippen LogP contribution in [0.5, 0.6) is 17.2 Å². The molecule has 0 spiro atoms. The number of ether oxygens (including phenoxy) is 3. The summed E-state index contributed by atoms with van der Waals surface area (Å²) in [5.41, 5.74) is 1.19. The Kier molecular flexibility index (Phi) is 4.40. The molecule has 5 heteroatoms. The third kappa shape index (κ3) is 2.82. The minimum absolute atomic E-state index is 0.326. The maximum absolute atomic E-state index is 12.3. The van der Waals surface area contributed by atoms with Crippen LogP contribution in [0.25, 0.3) is 6.08 Å². The molecule has 0 saturated carbocycles. The summed E-state index contributed by atoms with van der Waals surface area (Å²) in [6.07, 6.45) is 3.86. The highest BCUT2D eigenvalue weighted by Gasteiger charge is 2.43. The van der Waals surface area contributed by atoms with Crippen LogP contribution in [-0.2, 0) is 16.6 Å². The van der Waals surface area contributed by atoms with E-state index in [-0.39, 0.29) is 0 Å². The van der Waals surface area contributed by atoms with Crippen molar-refractivity contribution in [1.82, 2.24) is 0 Å². The normalized spacial score (nSPS) is 17.9. The van der Waals surface area contributed by atoms with Crippen LogP contribution in [0.2, 0.25) is 0 Å². The molecule has 1 unspecified atom stereocenters. The molecule has 25 heavy (non-hydrogen) atoms. The van der Waals surface area contributed by atoms with Gasteiger partial charge in [0.15, 0.2) is 0 Å². The molecule has 1 N–H and O–H groups in total. The lowest BCUT2D eigenvalue weighted by molar-refractivity contribution is -0.141. The number of carbonyl (C=O) groups is 1. The first-order valence-electron chi connectivity index (χ1n) is 7.86. The van der Waals surface area contributed by atoms with Crippen molar-refractivity contribution in [1.29, 1.82) is 0 Å². The van der Waals surface area contributed by atoms with Crippen molar-refractivity contribution in [3.8, 4) is 17.2 Å². The predicted molar refractivity (Wildman–Crippen MR) is 94.6 cm³/mol. The van der Waals surface area contributed by atoms with Crippen LogP contribution in [0.4, 0.5) is 0 Å².